The van der Waals surface area contributed by atoms with Gasteiger partial charge in [-0.25, -0.2) is 8.42 Å². The van der Waals surface area contributed by atoms with E-state index in [1.54, 1.807) is 0 Å². The highest BCUT2D eigenvalue weighted by Gasteiger charge is 2.31. The summed E-state index contributed by atoms with van der Waals surface area (Å²) in [5.74, 6) is 0. The van der Waals surface area contributed by atoms with Crippen molar-refractivity contribution in [1.29, 1.82) is 0 Å². The Labute approximate surface area is 117 Å². The lowest BCUT2D eigenvalue weighted by atomic mass is 9.82. The van der Waals surface area contributed by atoms with Crippen molar-refractivity contribution in [3.8, 4) is 0 Å². The molecule has 0 spiro atoms. The molecule has 1 saturated heterocycles. The van der Waals surface area contributed by atoms with Crippen LogP contribution in [0.4, 0.5) is 0 Å². The lowest BCUT2D eigenvalue weighted by Gasteiger charge is -2.37. The predicted octanol–water partition coefficient (Wildman–Crippen LogP) is 1.75. The molecule has 2 rings (SSSR count). The predicted molar refractivity (Wildman–Crippen MR) is 77.1 cm³/mol. The van der Waals surface area contributed by atoms with E-state index in [0.717, 1.165) is 58.3 Å². The van der Waals surface area contributed by atoms with Crippen molar-refractivity contribution in [2.75, 3.05) is 26.0 Å². The van der Waals surface area contributed by atoms with E-state index < -0.39 is 9.84 Å². The Bertz CT molecular complexity index is 387. The topological polar surface area (TPSA) is 55.4 Å². The molecule has 1 aliphatic carbocycles. The van der Waals surface area contributed by atoms with E-state index in [1.165, 1.54) is 6.26 Å². The highest BCUT2D eigenvalue weighted by molar-refractivity contribution is 7.91. The van der Waals surface area contributed by atoms with E-state index in [-0.39, 0.29) is 5.25 Å². The van der Waals surface area contributed by atoms with E-state index in [1.807, 2.05) is 0 Å². The van der Waals surface area contributed by atoms with Gasteiger partial charge in [-0.15, -0.1) is 0 Å². The van der Waals surface area contributed by atoms with Crippen molar-refractivity contribution in [1.82, 2.24) is 5.32 Å². The molecule has 5 heteroatoms. The van der Waals surface area contributed by atoms with E-state index in [4.69, 9.17) is 4.74 Å². The van der Waals surface area contributed by atoms with Crippen molar-refractivity contribution in [2.24, 2.45) is 5.41 Å². The molecule has 4 nitrogen and oxygen atoms in total. The molecular formula is C14H27NO3S. The number of hydrogen-bond donors (Lipinski definition) is 1. The summed E-state index contributed by atoms with van der Waals surface area (Å²) in [5, 5.41) is 3.48. The lowest BCUT2D eigenvalue weighted by Crippen LogP contribution is -2.44. The summed E-state index contributed by atoms with van der Waals surface area (Å²) < 4.78 is 28.7. The van der Waals surface area contributed by atoms with Crippen molar-refractivity contribution in [3.63, 3.8) is 0 Å². The highest BCUT2D eigenvalue weighted by Crippen LogP contribution is 2.30. The molecule has 1 saturated carbocycles. The summed E-state index contributed by atoms with van der Waals surface area (Å²) in [6.45, 7) is 5.00. The first-order valence-electron chi connectivity index (χ1n) is 7.39. The molecule has 0 radical (unpaired) electrons. The molecular weight excluding hydrogens is 262 g/mol. The molecule has 0 amide bonds. The fourth-order valence-corrected chi connectivity index (χ4v) is 4.33. The Hall–Kier alpha value is -0.130. The molecule has 0 aromatic carbocycles. The molecule has 1 aliphatic heterocycles. The van der Waals surface area contributed by atoms with Crippen LogP contribution in [0, 0.1) is 5.41 Å². The summed E-state index contributed by atoms with van der Waals surface area (Å²) in [6, 6.07) is 0.369. The van der Waals surface area contributed by atoms with Crippen LogP contribution < -0.4 is 5.32 Å². The van der Waals surface area contributed by atoms with E-state index >= 15 is 0 Å². The minimum atomic E-state index is -2.88. The Morgan fingerprint density at radius 1 is 1.26 bits per heavy atom. The SMILES string of the molecule is CC1(CNC2CCCC(S(C)(=O)=O)C2)CCOCC1. The van der Waals surface area contributed by atoms with Crippen molar-refractivity contribution in [3.05, 3.63) is 0 Å². The van der Waals surface area contributed by atoms with Gasteiger partial charge in [-0.3, -0.25) is 0 Å². The molecule has 2 unspecified atom stereocenters. The molecule has 0 aromatic heterocycles. The average Bonchev–Trinajstić information content (AvgIpc) is 2.37. The van der Waals surface area contributed by atoms with Gasteiger partial charge in [0.1, 0.15) is 9.84 Å². The van der Waals surface area contributed by atoms with Crippen LogP contribution in [0.2, 0.25) is 0 Å². The Morgan fingerprint density at radius 2 is 1.95 bits per heavy atom. The van der Waals surface area contributed by atoms with Crippen LogP contribution in [0.5, 0.6) is 0 Å². The fourth-order valence-electron chi connectivity index (χ4n) is 3.15. The summed E-state index contributed by atoms with van der Waals surface area (Å²) in [6.07, 6.45) is 7.33. The molecule has 1 heterocycles. The number of hydrogen-bond acceptors (Lipinski definition) is 4. The van der Waals surface area contributed by atoms with E-state index in [2.05, 4.69) is 12.2 Å². The van der Waals surface area contributed by atoms with Crippen LogP contribution in [-0.2, 0) is 14.6 Å². The van der Waals surface area contributed by atoms with Crippen LogP contribution in [0.15, 0.2) is 0 Å². The van der Waals surface area contributed by atoms with E-state index in [0.29, 0.717) is 11.5 Å². The van der Waals surface area contributed by atoms with Gasteiger partial charge in [-0.1, -0.05) is 13.3 Å². The second-order valence-electron chi connectivity index (χ2n) is 6.62. The third-order valence-corrected chi connectivity index (χ3v) is 6.39. The number of nitrogens with one attached hydrogen (secondary N) is 1. The minimum absolute atomic E-state index is 0.138. The zero-order valence-electron chi connectivity index (χ0n) is 12.2. The van der Waals surface area contributed by atoms with Gasteiger partial charge in [0, 0.05) is 32.1 Å². The molecule has 0 aromatic rings. The first-order chi connectivity index (χ1) is 8.89. The largest absolute Gasteiger partial charge is 0.381 e. The molecule has 0 bridgehead atoms. The second-order valence-corrected chi connectivity index (χ2v) is 8.94. The van der Waals surface area contributed by atoms with Crippen LogP contribution in [-0.4, -0.2) is 45.7 Å². The first-order valence-corrected chi connectivity index (χ1v) is 9.35. The zero-order chi connectivity index (χ0) is 13.9. The third-order valence-electron chi connectivity index (χ3n) is 4.75. The standard InChI is InChI=1S/C14H27NO3S/c1-14(6-8-18-9-7-14)11-15-12-4-3-5-13(10-12)19(2,16)17/h12-13,15H,3-11H2,1-2H3. The van der Waals surface area contributed by atoms with E-state index in [9.17, 15) is 8.42 Å². The smallest absolute Gasteiger partial charge is 0.150 e. The number of ether oxygens (including phenoxy) is 1. The van der Waals surface area contributed by atoms with Crippen LogP contribution in [0.1, 0.15) is 45.4 Å². The van der Waals surface area contributed by atoms with Gasteiger partial charge >= 0.3 is 0 Å². The molecule has 112 valence electrons. The fraction of sp³-hybridized carbons (Fsp3) is 1.00. The van der Waals surface area contributed by atoms with Gasteiger partial charge in [0.05, 0.1) is 5.25 Å². The Kier molecular flexibility index (Phi) is 4.90. The maximum absolute atomic E-state index is 11.7. The number of rotatable bonds is 4. The maximum Gasteiger partial charge on any atom is 0.150 e. The maximum atomic E-state index is 11.7. The highest BCUT2D eigenvalue weighted by atomic mass is 32.2. The van der Waals surface area contributed by atoms with Crippen LogP contribution >= 0.6 is 0 Å². The Balaban J connectivity index is 1.82. The normalized spacial score (nSPS) is 32.1. The lowest BCUT2D eigenvalue weighted by molar-refractivity contribution is 0.0223. The van der Waals surface area contributed by atoms with Gasteiger partial charge in [0.25, 0.3) is 0 Å². The molecule has 1 N–H and O–H groups in total. The van der Waals surface area contributed by atoms with Gasteiger partial charge in [-0.2, -0.15) is 0 Å². The Morgan fingerprint density at radius 3 is 2.58 bits per heavy atom. The summed E-state index contributed by atoms with van der Waals surface area (Å²) in [4.78, 5) is 0. The average molecular weight is 289 g/mol. The monoisotopic (exact) mass is 289 g/mol. The number of sulfone groups is 1. The minimum Gasteiger partial charge on any atom is -0.381 e. The third kappa shape index (κ3) is 4.43. The van der Waals surface area contributed by atoms with Gasteiger partial charge < -0.3 is 10.1 Å². The van der Waals surface area contributed by atoms with Crippen LogP contribution in [0.25, 0.3) is 0 Å². The van der Waals surface area contributed by atoms with Crippen molar-refractivity contribution in [2.45, 2.75) is 56.7 Å². The van der Waals surface area contributed by atoms with Crippen molar-refractivity contribution < 1.29 is 13.2 Å². The van der Waals surface area contributed by atoms with Gasteiger partial charge in [-0.05, 0) is 37.5 Å². The zero-order valence-corrected chi connectivity index (χ0v) is 13.0. The molecule has 2 atom stereocenters. The summed E-state index contributed by atoms with van der Waals surface area (Å²) >= 11 is 0. The van der Waals surface area contributed by atoms with Crippen LogP contribution in [0.3, 0.4) is 0 Å². The quantitative estimate of drug-likeness (QED) is 0.856. The molecule has 2 fully saturated rings. The van der Waals surface area contributed by atoms with Crippen molar-refractivity contribution >= 4 is 9.84 Å². The first kappa shape index (κ1) is 15.3. The summed E-state index contributed by atoms with van der Waals surface area (Å²) in [7, 11) is -2.88. The second kappa shape index (κ2) is 6.10. The molecule has 2 aliphatic rings. The van der Waals surface area contributed by atoms with Gasteiger partial charge in [0.15, 0.2) is 0 Å². The summed E-state index contributed by atoms with van der Waals surface area (Å²) in [5.41, 5.74) is 0.316. The van der Waals surface area contributed by atoms with Gasteiger partial charge in [0.2, 0.25) is 0 Å². The molecule has 19 heavy (non-hydrogen) atoms.